The normalized spacial score (nSPS) is 18.9. The van der Waals surface area contributed by atoms with Gasteiger partial charge >= 0.3 is 0 Å². The molecule has 5 heteroatoms. The number of carbonyl (C=O) groups is 1. The SMILES string of the molecule is CC(C)(NC(=O)C1(N)CCC1)c1nccs1. The van der Waals surface area contributed by atoms with Crippen molar-refractivity contribution in [3.63, 3.8) is 0 Å². The maximum atomic E-state index is 12.0. The lowest BCUT2D eigenvalue weighted by Crippen LogP contribution is -2.61. The van der Waals surface area contributed by atoms with Crippen LogP contribution in [0.1, 0.15) is 38.1 Å². The number of aromatic nitrogens is 1. The molecule has 88 valence electrons. The third-order valence-corrected chi connectivity index (χ3v) is 4.19. The van der Waals surface area contributed by atoms with Gasteiger partial charge in [-0.2, -0.15) is 0 Å². The molecule has 16 heavy (non-hydrogen) atoms. The van der Waals surface area contributed by atoms with Gasteiger partial charge in [-0.1, -0.05) is 0 Å². The van der Waals surface area contributed by atoms with Gasteiger partial charge in [0.15, 0.2) is 0 Å². The summed E-state index contributed by atoms with van der Waals surface area (Å²) in [5.74, 6) is -0.0565. The van der Waals surface area contributed by atoms with Crippen LogP contribution in [-0.2, 0) is 10.3 Å². The molecule has 0 unspecified atom stereocenters. The molecule has 1 aliphatic carbocycles. The molecule has 1 fully saturated rings. The lowest BCUT2D eigenvalue weighted by atomic mass is 9.76. The summed E-state index contributed by atoms with van der Waals surface area (Å²) in [5.41, 5.74) is 4.90. The maximum absolute atomic E-state index is 12.0. The van der Waals surface area contributed by atoms with Crippen LogP contribution in [0.3, 0.4) is 0 Å². The van der Waals surface area contributed by atoms with E-state index >= 15 is 0 Å². The van der Waals surface area contributed by atoms with Crippen molar-refractivity contribution in [1.29, 1.82) is 0 Å². The quantitative estimate of drug-likeness (QED) is 0.837. The Bertz CT molecular complexity index is 382. The van der Waals surface area contributed by atoms with E-state index in [1.807, 2.05) is 19.2 Å². The minimum absolute atomic E-state index is 0.0565. The molecule has 0 bridgehead atoms. The van der Waals surface area contributed by atoms with E-state index in [0.717, 1.165) is 24.3 Å². The van der Waals surface area contributed by atoms with Crippen LogP contribution in [0.25, 0.3) is 0 Å². The molecule has 2 rings (SSSR count). The minimum atomic E-state index is -0.644. The molecule has 1 saturated carbocycles. The van der Waals surface area contributed by atoms with Gasteiger partial charge < -0.3 is 11.1 Å². The van der Waals surface area contributed by atoms with E-state index in [9.17, 15) is 4.79 Å². The summed E-state index contributed by atoms with van der Waals surface area (Å²) in [5, 5.41) is 5.80. The summed E-state index contributed by atoms with van der Waals surface area (Å²) in [4.78, 5) is 16.2. The summed E-state index contributed by atoms with van der Waals surface area (Å²) in [6, 6.07) is 0. The molecule has 0 radical (unpaired) electrons. The van der Waals surface area contributed by atoms with E-state index in [2.05, 4.69) is 10.3 Å². The first kappa shape index (κ1) is 11.5. The number of carbonyl (C=O) groups excluding carboxylic acids is 1. The number of thiazole rings is 1. The van der Waals surface area contributed by atoms with Gasteiger partial charge in [-0.25, -0.2) is 4.98 Å². The molecule has 1 aliphatic rings. The number of nitrogens with one attached hydrogen (secondary N) is 1. The number of hydrogen-bond donors (Lipinski definition) is 2. The molecule has 3 N–H and O–H groups in total. The zero-order valence-corrected chi connectivity index (χ0v) is 10.4. The van der Waals surface area contributed by atoms with Crippen LogP contribution in [0.5, 0.6) is 0 Å². The Balaban J connectivity index is 2.06. The van der Waals surface area contributed by atoms with Crippen molar-refractivity contribution >= 4 is 17.2 Å². The molecular weight excluding hydrogens is 222 g/mol. The molecule has 1 aromatic heterocycles. The van der Waals surface area contributed by atoms with Gasteiger partial charge in [0, 0.05) is 11.6 Å². The minimum Gasteiger partial charge on any atom is -0.343 e. The first-order valence-corrected chi connectivity index (χ1v) is 6.33. The lowest BCUT2D eigenvalue weighted by Gasteiger charge is -2.39. The zero-order valence-electron chi connectivity index (χ0n) is 9.62. The monoisotopic (exact) mass is 239 g/mol. The van der Waals surface area contributed by atoms with Crippen LogP contribution in [-0.4, -0.2) is 16.4 Å². The first-order chi connectivity index (χ1) is 7.44. The number of nitrogens with two attached hydrogens (primary N) is 1. The lowest BCUT2D eigenvalue weighted by molar-refractivity contribution is -0.131. The molecule has 1 amide bonds. The van der Waals surface area contributed by atoms with Crippen molar-refractivity contribution in [1.82, 2.24) is 10.3 Å². The summed E-state index contributed by atoms with van der Waals surface area (Å²) in [7, 11) is 0. The third kappa shape index (κ3) is 1.97. The van der Waals surface area contributed by atoms with E-state index < -0.39 is 11.1 Å². The van der Waals surface area contributed by atoms with Gasteiger partial charge in [0.2, 0.25) is 5.91 Å². The highest BCUT2D eigenvalue weighted by Gasteiger charge is 2.42. The Morgan fingerprint density at radius 2 is 2.31 bits per heavy atom. The van der Waals surface area contributed by atoms with Crippen LogP contribution < -0.4 is 11.1 Å². The van der Waals surface area contributed by atoms with Crippen LogP contribution in [0.2, 0.25) is 0 Å². The first-order valence-electron chi connectivity index (χ1n) is 5.45. The predicted octanol–water partition coefficient (Wildman–Crippen LogP) is 1.38. The topological polar surface area (TPSA) is 68.0 Å². The predicted molar refractivity (Wildman–Crippen MR) is 64.1 cm³/mol. The zero-order chi connectivity index (χ0) is 11.8. The highest BCUT2D eigenvalue weighted by Crippen LogP contribution is 2.31. The molecule has 1 aromatic rings. The Morgan fingerprint density at radius 1 is 1.62 bits per heavy atom. The highest BCUT2D eigenvalue weighted by molar-refractivity contribution is 7.09. The van der Waals surface area contributed by atoms with Crippen LogP contribution in [0, 0.1) is 0 Å². The average Bonchev–Trinajstić information content (AvgIpc) is 2.66. The molecular formula is C11H17N3OS. The highest BCUT2D eigenvalue weighted by atomic mass is 32.1. The Hall–Kier alpha value is -0.940. The Morgan fingerprint density at radius 3 is 2.75 bits per heavy atom. The van der Waals surface area contributed by atoms with Gasteiger partial charge in [-0.15, -0.1) is 11.3 Å². The second kappa shape index (κ2) is 3.82. The fraction of sp³-hybridized carbons (Fsp3) is 0.636. The van der Waals surface area contributed by atoms with Crippen LogP contribution in [0.15, 0.2) is 11.6 Å². The molecule has 0 atom stereocenters. The summed E-state index contributed by atoms with van der Waals surface area (Å²) < 4.78 is 0. The number of hydrogen-bond acceptors (Lipinski definition) is 4. The largest absolute Gasteiger partial charge is 0.343 e. The van der Waals surface area contributed by atoms with Crippen molar-refractivity contribution in [2.75, 3.05) is 0 Å². The van der Waals surface area contributed by atoms with E-state index in [0.29, 0.717) is 0 Å². The van der Waals surface area contributed by atoms with E-state index in [1.54, 1.807) is 17.5 Å². The van der Waals surface area contributed by atoms with Crippen molar-refractivity contribution in [2.24, 2.45) is 5.73 Å². The summed E-state index contributed by atoms with van der Waals surface area (Å²) in [6.07, 6.45) is 4.36. The fourth-order valence-electron chi connectivity index (χ4n) is 1.78. The molecule has 0 saturated heterocycles. The van der Waals surface area contributed by atoms with E-state index in [1.165, 1.54) is 0 Å². The number of nitrogens with zero attached hydrogens (tertiary/aromatic N) is 1. The van der Waals surface area contributed by atoms with Gasteiger partial charge in [0.25, 0.3) is 0 Å². The second-order valence-corrected chi connectivity index (χ2v) is 5.82. The summed E-state index contributed by atoms with van der Waals surface area (Å²) >= 11 is 1.54. The number of rotatable bonds is 3. The van der Waals surface area contributed by atoms with Gasteiger partial charge in [0.05, 0.1) is 11.1 Å². The van der Waals surface area contributed by atoms with E-state index in [4.69, 9.17) is 5.73 Å². The molecule has 0 spiro atoms. The smallest absolute Gasteiger partial charge is 0.240 e. The van der Waals surface area contributed by atoms with Gasteiger partial charge in [0.1, 0.15) is 5.01 Å². The van der Waals surface area contributed by atoms with Crippen molar-refractivity contribution < 1.29 is 4.79 Å². The summed E-state index contributed by atoms with van der Waals surface area (Å²) in [6.45, 7) is 3.90. The van der Waals surface area contributed by atoms with Crippen molar-refractivity contribution in [3.05, 3.63) is 16.6 Å². The molecule has 0 aliphatic heterocycles. The van der Waals surface area contributed by atoms with Gasteiger partial charge in [-0.05, 0) is 33.1 Å². The molecule has 1 heterocycles. The van der Waals surface area contributed by atoms with Gasteiger partial charge in [-0.3, -0.25) is 4.79 Å². The molecule has 4 nitrogen and oxygen atoms in total. The number of amides is 1. The standard InChI is InChI=1S/C11H17N3OS/c1-10(2,9-13-6-7-16-9)14-8(15)11(12)4-3-5-11/h6-7H,3-5,12H2,1-2H3,(H,14,15). The average molecular weight is 239 g/mol. The van der Waals surface area contributed by atoms with E-state index in [-0.39, 0.29) is 5.91 Å². The van der Waals surface area contributed by atoms with Crippen molar-refractivity contribution in [2.45, 2.75) is 44.2 Å². The third-order valence-electron chi connectivity index (χ3n) is 3.09. The Labute approximate surface area is 99.3 Å². The maximum Gasteiger partial charge on any atom is 0.240 e. The fourth-order valence-corrected chi connectivity index (χ4v) is 2.50. The van der Waals surface area contributed by atoms with Crippen molar-refractivity contribution in [3.8, 4) is 0 Å². The second-order valence-electron chi connectivity index (χ2n) is 4.93. The Kier molecular flexibility index (Phi) is 2.75. The molecule has 0 aromatic carbocycles. The van der Waals surface area contributed by atoms with Crippen LogP contribution in [0.4, 0.5) is 0 Å². The van der Waals surface area contributed by atoms with Crippen LogP contribution >= 0.6 is 11.3 Å².